The summed E-state index contributed by atoms with van der Waals surface area (Å²) in [6, 6.07) is 10.5. The SMILES string of the molecule is Nc1nonc1-n1nnc(CN2CCOCC2)c1C(=O)NN=C1CCC(c2ccccc2)CC1. The Hall–Kier alpha value is -3.64. The zero-order valence-corrected chi connectivity index (χ0v) is 18.8. The van der Waals surface area contributed by atoms with Gasteiger partial charge in [-0.1, -0.05) is 35.5 Å². The number of nitrogens with two attached hydrogens (primary N) is 1. The molecule has 0 bridgehead atoms. The average molecular weight is 466 g/mol. The van der Waals surface area contributed by atoms with Crippen LogP contribution in [0.5, 0.6) is 0 Å². The van der Waals surface area contributed by atoms with Crippen molar-refractivity contribution in [3.63, 3.8) is 0 Å². The van der Waals surface area contributed by atoms with E-state index in [2.05, 4.69) is 60.3 Å². The summed E-state index contributed by atoms with van der Waals surface area (Å²) >= 11 is 0. The molecule has 2 aromatic heterocycles. The molecule has 0 radical (unpaired) electrons. The number of rotatable bonds is 6. The molecule has 2 fully saturated rings. The lowest BCUT2D eigenvalue weighted by atomic mass is 9.83. The lowest BCUT2D eigenvalue weighted by molar-refractivity contribution is 0.0335. The number of carbonyl (C=O) groups is 1. The van der Waals surface area contributed by atoms with Gasteiger partial charge >= 0.3 is 0 Å². The van der Waals surface area contributed by atoms with Gasteiger partial charge in [-0.15, -0.1) is 5.10 Å². The first kappa shape index (κ1) is 22.2. The second-order valence-electron chi connectivity index (χ2n) is 8.46. The molecule has 178 valence electrons. The second-order valence-corrected chi connectivity index (χ2v) is 8.46. The molecule has 1 aliphatic carbocycles. The van der Waals surface area contributed by atoms with Gasteiger partial charge in [0.25, 0.3) is 5.91 Å². The highest BCUT2D eigenvalue weighted by atomic mass is 16.6. The van der Waals surface area contributed by atoms with Gasteiger partial charge in [0, 0.05) is 25.3 Å². The van der Waals surface area contributed by atoms with E-state index in [9.17, 15) is 4.79 Å². The number of benzene rings is 1. The number of aromatic nitrogens is 5. The van der Waals surface area contributed by atoms with Gasteiger partial charge in [0.15, 0.2) is 5.69 Å². The van der Waals surface area contributed by atoms with Crippen molar-refractivity contribution < 1.29 is 14.2 Å². The molecule has 34 heavy (non-hydrogen) atoms. The third-order valence-corrected chi connectivity index (χ3v) is 6.28. The average Bonchev–Trinajstić information content (AvgIpc) is 3.49. The van der Waals surface area contributed by atoms with E-state index in [1.807, 2.05) is 6.07 Å². The first-order valence-corrected chi connectivity index (χ1v) is 11.4. The van der Waals surface area contributed by atoms with Crippen molar-refractivity contribution in [3.05, 3.63) is 47.3 Å². The number of ether oxygens (including phenoxy) is 1. The topological polar surface area (TPSA) is 150 Å². The normalized spacial score (nSPS) is 19.2. The van der Waals surface area contributed by atoms with E-state index in [4.69, 9.17) is 15.1 Å². The quantitative estimate of drug-likeness (QED) is 0.516. The van der Waals surface area contributed by atoms with Gasteiger partial charge in [-0.25, -0.2) is 10.1 Å². The Morgan fingerprint density at radius 1 is 1.15 bits per heavy atom. The zero-order chi connectivity index (χ0) is 23.3. The number of amides is 1. The number of hydrogen-bond donors (Lipinski definition) is 2. The Labute approximate surface area is 196 Å². The molecule has 0 spiro atoms. The van der Waals surface area contributed by atoms with Crippen molar-refractivity contribution >= 4 is 17.4 Å². The summed E-state index contributed by atoms with van der Waals surface area (Å²) in [6.45, 7) is 3.19. The highest BCUT2D eigenvalue weighted by Crippen LogP contribution is 2.31. The molecule has 12 heteroatoms. The van der Waals surface area contributed by atoms with Crippen LogP contribution >= 0.6 is 0 Å². The molecule has 1 amide bonds. The monoisotopic (exact) mass is 465 g/mol. The van der Waals surface area contributed by atoms with Gasteiger partial charge in [-0.3, -0.25) is 9.69 Å². The maximum absolute atomic E-state index is 13.2. The van der Waals surface area contributed by atoms with Gasteiger partial charge in [-0.2, -0.15) is 9.78 Å². The van der Waals surface area contributed by atoms with Crippen LogP contribution in [0.15, 0.2) is 40.1 Å². The van der Waals surface area contributed by atoms with Crippen LogP contribution in [0, 0.1) is 0 Å². The number of nitrogens with one attached hydrogen (secondary N) is 1. The highest BCUT2D eigenvalue weighted by molar-refractivity contribution is 5.95. The van der Waals surface area contributed by atoms with E-state index in [-0.39, 0.29) is 17.3 Å². The largest absolute Gasteiger partial charge is 0.379 e. The van der Waals surface area contributed by atoms with Crippen LogP contribution in [0.1, 0.15) is 53.3 Å². The fourth-order valence-corrected chi connectivity index (χ4v) is 4.41. The number of hydrogen-bond acceptors (Lipinski definition) is 10. The molecule has 5 rings (SSSR count). The molecule has 2 aliphatic rings. The minimum absolute atomic E-state index is 0.0161. The molecule has 3 aromatic rings. The third-order valence-electron chi connectivity index (χ3n) is 6.28. The number of hydrazone groups is 1. The zero-order valence-electron chi connectivity index (χ0n) is 18.8. The molecule has 1 saturated heterocycles. The summed E-state index contributed by atoms with van der Waals surface area (Å²) in [4.78, 5) is 15.4. The fraction of sp³-hybridized carbons (Fsp3) is 0.455. The summed E-state index contributed by atoms with van der Waals surface area (Å²) in [6.07, 6.45) is 3.67. The highest BCUT2D eigenvalue weighted by Gasteiger charge is 2.27. The first-order chi connectivity index (χ1) is 16.7. The molecule has 3 N–H and O–H groups in total. The summed E-state index contributed by atoms with van der Waals surface area (Å²) in [5, 5.41) is 20.1. The van der Waals surface area contributed by atoms with Crippen molar-refractivity contribution in [1.29, 1.82) is 0 Å². The lowest BCUT2D eigenvalue weighted by Gasteiger charge is -2.25. The Bertz CT molecular complexity index is 1140. The standard InChI is InChI=1S/C22H27N9O3/c23-20-21(28-34-27-20)31-19(18(25-29-31)14-30-10-12-33-13-11-30)22(32)26-24-17-8-6-16(7-9-17)15-4-2-1-3-5-15/h1-5,16H,6-14H2,(H2,23,27)(H,26,32). The van der Waals surface area contributed by atoms with Crippen LogP contribution in [0.2, 0.25) is 0 Å². The lowest BCUT2D eigenvalue weighted by Crippen LogP contribution is -2.36. The summed E-state index contributed by atoms with van der Waals surface area (Å²) in [5.41, 5.74) is 11.6. The third kappa shape index (κ3) is 4.82. The molecule has 3 heterocycles. The Morgan fingerprint density at radius 2 is 1.91 bits per heavy atom. The minimum atomic E-state index is -0.437. The van der Waals surface area contributed by atoms with E-state index >= 15 is 0 Å². The predicted molar refractivity (Wildman–Crippen MR) is 122 cm³/mol. The molecule has 0 atom stereocenters. The van der Waals surface area contributed by atoms with E-state index in [1.54, 1.807) is 0 Å². The van der Waals surface area contributed by atoms with E-state index < -0.39 is 5.91 Å². The van der Waals surface area contributed by atoms with Crippen molar-refractivity contribution in [2.45, 2.75) is 38.1 Å². The van der Waals surface area contributed by atoms with Crippen molar-refractivity contribution in [2.75, 3.05) is 32.0 Å². The van der Waals surface area contributed by atoms with Gasteiger partial charge in [0.05, 0.1) is 13.2 Å². The Kier molecular flexibility index (Phi) is 6.58. The van der Waals surface area contributed by atoms with E-state index in [0.29, 0.717) is 31.4 Å². The summed E-state index contributed by atoms with van der Waals surface area (Å²) < 4.78 is 11.4. The predicted octanol–water partition coefficient (Wildman–Crippen LogP) is 1.51. The second kappa shape index (κ2) is 10.1. The van der Waals surface area contributed by atoms with Crippen molar-refractivity contribution in [1.82, 2.24) is 35.6 Å². The van der Waals surface area contributed by atoms with Crippen molar-refractivity contribution in [3.8, 4) is 5.82 Å². The number of morpholine rings is 1. The maximum atomic E-state index is 13.2. The molecule has 1 saturated carbocycles. The van der Waals surface area contributed by atoms with Crippen LogP contribution in [-0.4, -0.2) is 68.1 Å². The molecule has 1 aromatic carbocycles. The Morgan fingerprint density at radius 3 is 2.62 bits per heavy atom. The molecular formula is C22H27N9O3. The van der Waals surface area contributed by atoms with Crippen LogP contribution in [0.4, 0.5) is 5.82 Å². The van der Waals surface area contributed by atoms with E-state index in [0.717, 1.165) is 44.5 Å². The van der Waals surface area contributed by atoms with Crippen LogP contribution < -0.4 is 11.2 Å². The first-order valence-electron chi connectivity index (χ1n) is 11.4. The number of nitrogen functional groups attached to an aromatic ring is 1. The maximum Gasteiger partial charge on any atom is 0.292 e. The smallest absolute Gasteiger partial charge is 0.292 e. The summed E-state index contributed by atoms with van der Waals surface area (Å²) in [7, 11) is 0. The molecule has 12 nitrogen and oxygen atoms in total. The van der Waals surface area contributed by atoms with Crippen molar-refractivity contribution in [2.24, 2.45) is 5.10 Å². The van der Waals surface area contributed by atoms with E-state index in [1.165, 1.54) is 10.2 Å². The molecule has 0 unspecified atom stereocenters. The molecule has 1 aliphatic heterocycles. The van der Waals surface area contributed by atoms with Gasteiger partial charge in [-0.05, 0) is 47.5 Å². The molecular weight excluding hydrogens is 438 g/mol. The number of nitrogens with zero attached hydrogens (tertiary/aromatic N) is 7. The van der Waals surface area contributed by atoms with Crippen LogP contribution in [-0.2, 0) is 11.3 Å². The van der Waals surface area contributed by atoms with Gasteiger partial charge < -0.3 is 10.5 Å². The fourth-order valence-electron chi connectivity index (χ4n) is 4.41. The number of anilines is 1. The van der Waals surface area contributed by atoms with Crippen LogP contribution in [0.3, 0.4) is 0 Å². The summed E-state index contributed by atoms with van der Waals surface area (Å²) in [5.74, 6) is 0.210. The van der Waals surface area contributed by atoms with Crippen LogP contribution in [0.25, 0.3) is 5.82 Å². The number of carbonyl (C=O) groups excluding carboxylic acids is 1. The Balaban J connectivity index is 1.31. The van der Waals surface area contributed by atoms with Gasteiger partial charge in [0.2, 0.25) is 11.6 Å². The minimum Gasteiger partial charge on any atom is -0.379 e. The van der Waals surface area contributed by atoms with Gasteiger partial charge in [0.1, 0.15) is 5.69 Å².